The zero-order valence-electron chi connectivity index (χ0n) is 21.7. The van der Waals surface area contributed by atoms with Crippen LogP contribution in [0.4, 0.5) is 4.39 Å². The van der Waals surface area contributed by atoms with Gasteiger partial charge in [-0.05, 0) is 84.2 Å². The number of hydrogen-bond acceptors (Lipinski definition) is 4. The molecule has 0 aromatic heterocycles. The zero-order valence-corrected chi connectivity index (χ0v) is 21.7. The fraction of sp³-hybridized carbons (Fsp3) is 0.344. The lowest BCUT2D eigenvalue weighted by atomic mass is 9.87. The van der Waals surface area contributed by atoms with Gasteiger partial charge in [0.15, 0.2) is 0 Å². The summed E-state index contributed by atoms with van der Waals surface area (Å²) in [6, 6.07) is 13.4. The third kappa shape index (κ3) is 4.47. The first-order valence-electron chi connectivity index (χ1n) is 13.2. The van der Waals surface area contributed by atoms with Crippen LogP contribution in [0.25, 0.3) is 16.7 Å². The molecule has 0 amide bonds. The number of hydrogen-bond donors (Lipinski definition) is 1. The molecule has 1 aliphatic carbocycles. The van der Waals surface area contributed by atoms with Gasteiger partial charge < -0.3 is 19.3 Å². The average molecular weight is 515 g/mol. The van der Waals surface area contributed by atoms with E-state index in [0.717, 1.165) is 41.7 Å². The van der Waals surface area contributed by atoms with E-state index in [-0.39, 0.29) is 18.2 Å². The minimum absolute atomic E-state index is 0.0308. The van der Waals surface area contributed by atoms with Gasteiger partial charge in [0.25, 0.3) is 0 Å². The molecule has 6 rings (SSSR count). The molecule has 2 aliphatic heterocycles. The van der Waals surface area contributed by atoms with Crippen molar-refractivity contribution in [2.24, 2.45) is 0 Å². The van der Waals surface area contributed by atoms with E-state index in [9.17, 15) is 4.79 Å². The average Bonchev–Trinajstić information content (AvgIpc) is 3.50. The van der Waals surface area contributed by atoms with Crippen molar-refractivity contribution in [3.8, 4) is 22.6 Å². The number of carboxylic acid groups (broad SMARTS) is 1. The summed E-state index contributed by atoms with van der Waals surface area (Å²) in [5.74, 6) is -0.00811. The molecule has 3 aliphatic rings. The first-order chi connectivity index (χ1) is 18.4. The standard InChI is InChI=1S/C32H31FO5/c1-18-13-21(20-9-11-36-12-10-20)14-19(2)31(18)25-5-7-27(33)32-26(25)6-8-28(32)38-23-3-4-24-22(15-30(34)35)17-37-29(24)16-23/h3-5,7,9,13-14,16,22,28H,6,8,10-12,15,17H2,1-2H3,(H,34,35). The van der Waals surface area contributed by atoms with E-state index in [1.165, 1.54) is 22.3 Å². The van der Waals surface area contributed by atoms with E-state index in [0.29, 0.717) is 36.7 Å². The number of rotatable bonds is 6. The molecule has 3 aromatic rings. The summed E-state index contributed by atoms with van der Waals surface area (Å²) in [6.07, 6.45) is 4.13. The second-order valence-corrected chi connectivity index (χ2v) is 10.5. The van der Waals surface area contributed by atoms with Gasteiger partial charge in [-0.1, -0.05) is 30.3 Å². The summed E-state index contributed by atoms with van der Waals surface area (Å²) >= 11 is 0. The summed E-state index contributed by atoms with van der Waals surface area (Å²) in [4.78, 5) is 11.1. The van der Waals surface area contributed by atoms with Crippen LogP contribution in [0.1, 0.15) is 64.7 Å². The van der Waals surface area contributed by atoms with E-state index in [4.69, 9.17) is 19.3 Å². The van der Waals surface area contributed by atoms with Crippen molar-refractivity contribution in [2.75, 3.05) is 19.8 Å². The Hall–Kier alpha value is -3.64. The van der Waals surface area contributed by atoms with Crippen molar-refractivity contribution in [2.45, 2.75) is 51.6 Å². The fourth-order valence-electron chi connectivity index (χ4n) is 6.26. The van der Waals surface area contributed by atoms with Gasteiger partial charge in [0.05, 0.1) is 26.2 Å². The Morgan fingerprint density at radius 1 is 1.11 bits per heavy atom. The van der Waals surface area contributed by atoms with Crippen LogP contribution in [-0.2, 0) is 16.0 Å². The fourth-order valence-corrected chi connectivity index (χ4v) is 6.26. The van der Waals surface area contributed by atoms with Crippen LogP contribution in [0.3, 0.4) is 0 Å². The second-order valence-electron chi connectivity index (χ2n) is 10.5. The van der Waals surface area contributed by atoms with Crippen molar-refractivity contribution in [1.82, 2.24) is 0 Å². The van der Waals surface area contributed by atoms with Gasteiger partial charge in [-0.3, -0.25) is 4.79 Å². The lowest BCUT2D eigenvalue weighted by Crippen LogP contribution is -2.07. The Morgan fingerprint density at radius 3 is 2.66 bits per heavy atom. The Kier molecular flexibility index (Phi) is 6.44. The summed E-state index contributed by atoms with van der Waals surface area (Å²) in [5, 5.41) is 9.15. The van der Waals surface area contributed by atoms with Gasteiger partial charge in [0, 0.05) is 23.1 Å². The van der Waals surface area contributed by atoms with E-state index in [2.05, 4.69) is 32.1 Å². The maximum atomic E-state index is 15.3. The third-order valence-corrected chi connectivity index (χ3v) is 7.98. The Labute approximate surface area is 221 Å². The predicted octanol–water partition coefficient (Wildman–Crippen LogP) is 6.93. The molecule has 1 N–H and O–H groups in total. The van der Waals surface area contributed by atoms with Crippen LogP contribution < -0.4 is 9.47 Å². The third-order valence-electron chi connectivity index (χ3n) is 7.98. The molecule has 0 fully saturated rings. The Morgan fingerprint density at radius 2 is 1.92 bits per heavy atom. The number of benzene rings is 3. The number of aryl methyl sites for hydroxylation is 2. The van der Waals surface area contributed by atoms with Gasteiger partial charge in [-0.15, -0.1) is 0 Å². The number of carboxylic acids is 1. The maximum absolute atomic E-state index is 15.3. The molecule has 0 saturated heterocycles. The normalized spacial score (nSPS) is 19.9. The number of fused-ring (bicyclic) bond motifs is 2. The Bertz CT molecular complexity index is 1430. The van der Waals surface area contributed by atoms with Crippen LogP contribution in [0, 0.1) is 19.7 Å². The monoisotopic (exact) mass is 514 g/mol. The van der Waals surface area contributed by atoms with Crippen LogP contribution in [0.5, 0.6) is 11.5 Å². The Balaban J connectivity index is 1.30. The molecular formula is C32H31FO5. The minimum Gasteiger partial charge on any atom is -0.492 e. The molecule has 2 atom stereocenters. The van der Waals surface area contributed by atoms with Crippen molar-refractivity contribution >= 4 is 11.5 Å². The van der Waals surface area contributed by atoms with Crippen molar-refractivity contribution in [3.63, 3.8) is 0 Å². The van der Waals surface area contributed by atoms with Gasteiger partial charge >= 0.3 is 5.97 Å². The summed E-state index contributed by atoms with van der Waals surface area (Å²) in [6.45, 7) is 6.01. The zero-order chi connectivity index (χ0) is 26.4. The number of aliphatic carboxylic acids is 1. The van der Waals surface area contributed by atoms with Crippen molar-refractivity contribution < 1.29 is 28.5 Å². The highest BCUT2D eigenvalue weighted by atomic mass is 19.1. The van der Waals surface area contributed by atoms with Crippen LogP contribution >= 0.6 is 0 Å². The molecule has 3 aromatic carbocycles. The number of ether oxygens (including phenoxy) is 3. The molecule has 196 valence electrons. The second kappa shape index (κ2) is 9.91. The SMILES string of the molecule is Cc1cc(C2=CCOCC2)cc(C)c1-c1ccc(F)c2c1CCC2Oc1ccc2c(c1)OCC2CC(=O)O. The molecule has 2 heterocycles. The summed E-state index contributed by atoms with van der Waals surface area (Å²) in [7, 11) is 0. The van der Waals surface area contributed by atoms with Crippen molar-refractivity contribution in [1.29, 1.82) is 0 Å². The molecule has 0 spiro atoms. The summed E-state index contributed by atoms with van der Waals surface area (Å²) < 4.78 is 32.8. The lowest BCUT2D eigenvalue weighted by Gasteiger charge is -2.20. The highest BCUT2D eigenvalue weighted by Gasteiger charge is 2.32. The molecule has 0 radical (unpaired) electrons. The quantitative estimate of drug-likeness (QED) is 0.386. The molecule has 5 nitrogen and oxygen atoms in total. The smallest absolute Gasteiger partial charge is 0.304 e. The molecule has 2 unspecified atom stereocenters. The van der Waals surface area contributed by atoms with E-state index in [1.807, 2.05) is 18.2 Å². The highest BCUT2D eigenvalue weighted by Crippen LogP contribution is 2.45. The van der Waals surface area contributed by atoms with Gasteiger partial charge in [-0.2, -0.15) is 0 Å². The van der Waals surface area contributed by atoms with Gasteiger partial charge in [0.2, 0.25) is 0 Å². The van der Waals surface area contributed by atoms with Crippen LogP contribution in [-0.4, -0.2) is 30.9 Å². The highest BCUT2D eigenvalue weighted by molar-refractivity contribution is 5.79. The van der Waals surface area contributed by atoms with E-state index in [1.54, 1.807) is 12.1 Å². The molecule has 0 saturated carbocycles. The minimum atomic E-state index is -0.846. The molecular weight excluding hydrogens is 483 g/mol. The van der Waals surface area contributed by atoms with Crippen molar-refractivity contribution in [3.05, 3.63) is 87.7 Å². The molecule has 38 heavy (non-hydrogen) atoms. The lowest BCUT2D eigenvalue weighted by molar-refractivity contribution is -0.137. The topological polar surface area (TPSA) is 65.0 Å². The van der Waals surface area contributed by atoms with E-state index >= 15 is 4.39 Å². The largest absolute Gasteiger partial charge is 0.492 e. The number of carbonyl (C=O) groups is 1. The van der Waals surface area contributed by atoms with Crippen LogP contribution in [0.2, 0.25) is 0 Å². The number of halogens is 1. The predicted molar refractivity (Wildman–Crippen MR) is 143 cm³/mol. The van der Waals surface area contributed by atoms with Gasteiger partial charge in [0.1, 0.15) is 23.4 Å². The first kappa shape index (κ1) is 24.7. The van der Waals surface area contributed by atoms with Gasteiger partial charge in [-0.25, -0.2) is 4.39 Å². The molecule has 6 heteroatoms. The first-order valence-corrected chi connectivity index (χ1v) is 13.2. The van der Waals surface area contributed by atoms with Crippen LogP contribution in [0.15, 0.2) is 48.5 Å². The maximum Gasteiger partial charge on any atom is 0.304 e. The molecule has 0 bridgehead atoms. The van der Waals surface area contributed by atoms with E-state index < -0.39 is 12.1 Å². The summed E-state index contributed by atoms with van der Waals surface area (Å²) in [5.41, 5.74) is 9.66.